The number of aromatic nitrogens is 3. The van der Waals surface area contributed by atoms with Crippen LogP contribution in [0.25, 0.3) is 16.8 Å². The number of nitrogen functional groups attached to an aromatic ring is 1. The molecule has 1 aromatic carbocycles. The number of benzene rings is 1. The zero-order chi connectivity index (χ0) is 18.3. The number of hydroxylamine groups is 2. The Labute approximate surface area is 151 Å². The van der Waals surface area contributed by atoms with Gasteiger partial charge in [-0.15, -0.1) is 0 Å². The number of nitrogens with zero attached hydrogens (tertiary/aromatic N) is 4. The summed E-state index contributed by atoms with van der Waals surface area (Å²) in [5.41, 5.74) is 9.23. The number of imidazole rings is 1. The van der Waals surface area contributed by atoms with E-state index in [1.54, 1.807) is 25.4 Å². The van der Waals surface area contributed by atoms with E-state index in [0.29, 0.717) is 17.3 Å². The van der Waals surface area contributed by atoms with Gasteiger partial charge in [0, 0.05) is 36.5 Å². The van der Waals surface area contributed by atoms with Crippen LogP contribution >= 0.6 is 0 Å². The number of hydrogen-bond acceptors (Lipinski definition) is 5. The van der Waals surface area contributed by atoms with E-state index in [1.807, 2.05) is 18.3 Å². The van der Waals surface area contributed by atoms with Crippen LogP contribution in [0.1, 0.15) is 41.4 Å². The molecule has 1 aliphatic rings. The van der Waals surface area contributed by atoms with Gasteiger partial charge >= 0.3 is 0 Å². The largest absolute Gasteiger partial charge is 0.382 e. The second kappa shape index (κ2) is 6.42. The van der Waals surface area contributed by atoms with Gasteiger partial charge in [0.25, 0.3) is 5.91 Å². The topological polar surface area (TPSA) is 85.8 Å². The van der Waals surface area contributed by atoms with E-state index >= 15 is 0 Å². The Balaban J connectivity index is 1.78. The Kier molecular flexibility index (Phi) is 4.08. The maximum Gasteiger partial charge on any atom is 0.277 e. The lowest BCUT2D eigenvalue weighted by Gasteiger charge is -2.23. The molecule has 7 nitrogen and oxygen atoms in total. The molecule has 2 heterocycles. The van der Waals surface area contributed by atoms with E-state index in [2.05, 4.69) is 9.38 Å². The second-order valence-corrected chi connectivity index (χ2v) is 6.54. The number of fused-ring (bicyclic) bond motifs is 1. The van der Waals surface area contributed by atoms with Crippen LogP contribution in [0.3, 0.4) is 0 Å². The smallest absolute Gasteiger partial charge is 0.277 e. The highest BCUT2D eigenvalue weighted by atomic mass is 16.7. The van der Waals surface area contributed by atoms with Crippen LogP contribution in [0, 0.1) is 0 Å². The molecule has 2 aromatic heterocycles. The maximum absolute atomic E-state index is 12.2. The minimum absolute atomic E-state index is 0.204. The van der Waals surface area contributed by atoms with Gasteiger partial charge in [-0.05, 0) is 25.0 Å². The highest BCUT2D eigenvalue weighted by Gasteiger charge is 2.26. The zero-order valence-electron chi connectivity index (χ0n) is 14.8. The molecule has 0 aliphatic heterocycles. The van der Waals surface area contributed by atoms with Crippen molar-refractivity contribution in [1.82, 2.24) is 19.4 Å². The molecule has 0 spiro atoms. The van der Waals surface area contributed by atoms with Gasteiger partial charge in [-0.3, -0.25) is 14.0 Å². The average molecular weight is 351 g/mol. The van der Waals surface area contributed by atoms with Crippen LogP contribution < -0.4 is 5.73 Å². The molecular formula is C19H21N5O2. The van der Waals surface area contributed by atoms with Gasteiger partial charge in [0.15, 0.2) is 0 Å². The quantitative estimate of drug-likeness (QED) is 0.731. The minimum atomic E-state index is -0.204. The summed E-state index contributed by atoms with van der Waals surface area (Å²) in [7, 11) is 3.04. The molecule has 0 atom stereocenters. The summed E-state index contributed by atoms with van der Waals surface area (Å²) in [6.45, 7) is 0. The molecule has 1 aliphatic carbocycles. The van der Waals surface area contributed by atoms with E-state index in [-0.39, 0.29) is 5.91 Å². The summed E-state index contributed by atoms with van der Waals surface area (Å²) in [6.07, 6.45) is 7.16. The highest BCUT2D eigenvalue weighted by molar-refractivity contribution is 5.94. The van der Waals surface area contributed by atoms with Gasteiger partial charge in [0.2, 0.25) is 0 Å². The Morgan fingerprint density at radius 1 is 1.31 bits per heavy atom. The maximum atomic E-state index is 12.2. The van der Waals surface area contributed by atoms with Crippen molar-refractivity contribution < 1.29 is 9.63 Å². The molecule has 1 fully saturated rings. The summed E-state index contributed by atoms with van der Waals surface area (Å²) in [4.78, 5) is 26.2. The Morgan fingerprint density at radius 2 is 2.04 bits per heavy atom. The van der Waals surface area contributed by atoms with E-state index in [4.69, 9.17) is 15.6 Å². The van der Waals surface area contributed by atoms with E-state index in [9.17, 15) is 4.79 Å². The van der Waals surface area contributed by atoms with Crippen LogP contribution in [-0.2, 0) is 4.84 Å². The van der Waals surface area contributed by atoms with Gasteiger partial charge < -0.3 is 5.73 Å². The molecule has 0 radical (unpaired) electrons. The SMILES string of the molecule is CON(C)C(=O)c1ccc(-c2nc(C3CCC3)n3ccnc(N)c23)cc1. The summed E-state index contributed by atoms with van der Waals surface area (Å²) < 4.78 is 2.05. The first-order valence-corrected chi connectivity index (χ1v) is 8.65. The van der Waals surface area contributed by atoms with Gasteiger partial charge in [-0.2, -0.15) is 0 Å². The van der Waals surface area contributed by atoms with Crippen LogP contribution in [-0.4, -0.2) is 39.5 Å². The molecule has 1 saturated carbocycles. The molecule has 0 bridgehead atoms. The number of carbonyl (C=O) groups is 1. The summed E-state index contributed by atoms with van der Waals surface area (Å²) in [5.74, 6) is 1.76. The van der Waals surface area contributed by atoms with E-state index in [1.165, 1.54) is 18.6 Å². The van der Waals surface area contributed by atoms with Crippen molar-refractivity contribution in [2.45, 2.75) is 25.2 Å². The Hall–Kier alpha value is -2.93. The minimum Gasteiger partial charge on any atom is -0.382 e. The van der Waals surface area contributed by atoms with E-state index in [0.717, 1.165) is 35.4 Å². The van der Waals surface area contributed by atoms with Crippen LogP contribution in [0.15, 0.2) is 36.7 Å². The number of hydrogen-bond donors (Lipinski definition) is 1. The van der Waals surface area contributed by atoms with Crippen molar-refractivity contribution in [2.75, 3.05) is 19.9 Å². The number of amides is 1. The molecule has 3 aromatic rings. The average Bonchev–Trinajstić information content (AvgIpc) is 3.00. The fourth-order valence-electron chi connectivity index (χ4n) is 3.28. The third-order valence-electron chi connectivity index (χ3n) is 5.05. The predicted octanol–water partition coefficient (Wildman–Crippen LogP) is 2.88. The normalized spacial score (nSPS) is 14.4. The molecular weight excluding hydrogens is 330 g/mol. The number of nitrogens with two attached hydrogens (primary N) is 1. The monoisotopic (exact) mass is 351 g/mol. The second-order valence-electron chi connectivity index (χ2n) is 6.54. The van der Waals surface area contributed by atoms with Crippen molar-refractivity contribution in [3.05, 3.63) is 48.0 Å². The predicted molar refractivity (Wildman–Crippen MR) is 98.5 cm³/mol. The molecule has 7 heteroatoms. The molecule has 4 rings (SSSR count). The summed E-state index contributed by atoms with van der Waals surface area (Å²) in [6, 6.07) is 7.31. The standard InChI is InChI=1S/C19H21N5O2/c1-23(26-2)19(25)14-8-6-12(7-9-14)15-16-17(20)21-10-11-24(16)18(22-15)13-4-3-5-13/h6-11,13H,3-5H2,1-2H3,(H2,20,21). The summed E-state index contributed by atoms with van der Waals surface area (Å²) >= 11 is 0. The lowest BCUT2D eigenvalue weighted by molar-refractivity contribution is -0.0756. The molecule has 134 valence electrons. The number of rotatable bonds is 4. The number of carbonyl (C=O) groups excluding carboxylic acids is 1. The Morgan fingerprint density at radius 3 is 2.65 bits per heavy atom. The molecule has 0 saturated heterocycles. The van der Waals surface area contributed by atoms with Gasteiger partial charge in [0.05, 0.1) is 7.11 Å². The van der Waals surface area contributed by atoms with Crippen molar-refractivity contribution in [1.29, 1.82) is 0 Å². The van der Waals surface area contributed by atoms with Gasteiger partial charge in [0.1, 0.15) is 22.9 Å². The van der Waals surface area contributed by atoms with Gasteiger partial charge in [-0.25, -0.2) is 15.0 Å². The fourth-order valence-corrected chi connectivity index (χ4v) is 3.28. The third-order valence-corrected chi connectivity index (χ3v) is 5.05. The first kappa shape index (κ1) is 16.5. The molecule has 26 heavy (non-hydrogen) atoms. The lowest BCUT2D eigenvalue weighted by Crippen LogP contribution is -2.25. The first-order chi connectivity index (χ1) is 12.6. The van der Waals surface area contributed by atoms with Crippen LogP contribution in [0.4, 0.5) is 5.82 Å². The van der Waals surface area contributed by atoms with Crippen molar-refractivity contribution in [2.24, 2.45) is 0 Å². The molecule has 2 N–H and O–H groups in total. The van der Waals surface area contributed by atoms with Crippen molar-refractivity contribution in [3.8, 4) is 11.3 Å². The van der Waals surface area contributed by atoms with Crippen LogP contribution in [0.5, 0.6) is 0 Å². The third kappa shape index (κ3) is 2.61. The number of anilines is 1. The van der Waals surface area contributed by atoms with Crippen LogP contribution in [0.2, 0.25) is 0 Å². The summed E-state index contributed by atoms with van der Waals surface area (Å²) in [5, 5.41) is 1.19. The Bertz CT molecular complexity index is 960. The first-order valence-electron chi connectivity index (χ1n) is 8.65. The van der Waals surface area contributed by atoms with Crippen molar-refractivity contribution in [3.63, 3.8) is 0 Å². The van der Waals surface area contributed by atoms with E-state index < -0.39 is 0 Å². The zero-order valence-corrected chi connectivity index (χ0v) is 14.8. The fraction of sp³-hybridized carbons (Fsp3) is 0.316. The lowest BCUT2D eigenvalue weighted by atomic mass is 9.85. The molecule has 1 amide bonds. The molecule has 0 unspecified atom stereocenters. The van der Waals surface area contributed by atoms with Gasteiger partial charge in [-0.1, -0.05) is 18.6 Å². The highest BCUT2D eigenvalue weighted by Crippen LogP contribution is 2.39. The van der Waals surface area contributed by atoms with Crippen molar-refractivity contribution >= 4 is 17.2 Å².